The molecule has 0 aromatic heterocycles. The summed E-state index contributed by atoms with van der Waals surface area (Å²) >= 11 is 0. The van der Waals surface area contributed by atoms with E-state index in [0.29, 0.717) is 0 Å². The standard InChI is InChI=1S/C16H22Si/c1-2-8-14(9-3-1)17(15-10-4-5-11-15)16-12-6-7-13-16/h4-7,10,12,14,17H,1-3,8-9,11,13H2. The first-order valence-corrected chi connectivity index (χ1v) is 8.98. The fourth-order valence-electron chi connectivity index (χ4n) is 3.70. The van der Waals surface area contributed by atoms with E-state index in [4.69, 9.17) is 0 Å². The summed E-state index contributed by atoms with van der Waals surface area (Å²) in [6.07, 6.45) is 24.1. The fourth-order valence-corrected chi connectivity index (χ4v) is 7.94. The van der Waals surface area contributed by atoms with E-state index in [-0.39, 0.29) is 0 Å². The van der Waals surface area contributed by atoms with Crippen LogP contribution in [0.1, 0.15) is 44.9 Å². The van der Waals surface area contributed by atoms with Gasteiger partial charge in [0, 0.05) is 0 Å². The molecule has 1 heteroatoms. The molecule has 0 aliphatic heterocycles. The van der Waals surface area contributed by atoms with Crippen LogP contribution in [0.2, 0.25) is 5.54 Å². The molecule has 0 N–H and O–H groups in total. The van der Waals surface area contributed by atoms with Crippen LogP contribution in [0.15, 0.2) is 46.8 Å². The molecule has 0 aromatic rings. The smallest absolute Gasteiger partial charge is 0.0809 e. The van der Waals surface area contributed by atoms with Gasteiger partial charge >= 0.3 is 0 Å². The number of hydrogen-bond acceptors (Lipinski definition) is 0. The lowest BCUT2D eigenvalue weighted by atomic mass is 10.0. The highest BCUT2D eigenvalue weighted by Gasteiger charge is 2.31. The van der Waals surface area contributed by atoms with Crippen molar-refractivity contribution in [2.24, 2.45) is 0 Å². The summed E-state index contributed by atoms with van der Waals surface area (Å²) in [7, 11) is -0.823. The Morgan fingerprint density at radius 1 is 0.824 bits per heavy atom. The second kappa shape index (κ2) is 5.22. The van der Waals surface area contributed by atoms with Crippen LogP contribution >= 0.6 is 0 Å². The van der Waals surface area contributed by atoms with Crippen LogP contribution in [0.4, 0.5) is 0 Å². The molecule has 0 aromatic carbocycles. The van der Waals surface area contributed by atoms with Crippen molar-refractivity contribution in [1.29, 1.82) is 0 Å². The molecule has 0 bridgehead atoms. The molecular formula is C16H22Si. The van der Waals surface area contributed by atoms with Gasteiger partial charge in [-0.3, -0.25) is 0 Å². The van der Waals surface area contributed by atoms with Crippen molar-refractivity contribution in [2.45, 2.75) is 50.5 Å². The molecule has 0 unspecified atom stereocenters. The van der Waals surface area contributed by atoms with Gasteiger partial charge in [0.15, 0.2) is 0 Å². The third-order valence-electron chi connectivity index (χ3n) is 4.52. The predicted octanol–water partition coefficient (Wildman–Crippen LogP) is 4.40. The van der Waals surface area contributed by atoms with Crippen LogP contribution in [0.25, 0.3) is 0 Å². The Morgan fingerprint density at radius 3 is 1.88 bits per heavy atom. The zero-order valence-corrected chi connectivity index (χ0v) is 11.7. The zero-order valence-electron chi connectivity index (χ0n) is 10.6. The van der Waals surface area contributed by atoms with Crippen LogP contribution in [-0.2, 0) is 0 Å². The highest BCUT2D eigenvalue weighted by Crippen LogP contribution is 2.39. The normalized spacial score (nSPS) is 24.5. The summed E-state index contributed by atoms with van der Waals surface area (Å²) in [6, 6.07) is 0. The first kappa shape index (κ1) is 11.3. The Balaban J connectivity index is 1.80. The summed E-state index contributed by atoms with van der Waals surface area (Å²) in [6.45, 7) is 0. The molecule has 1 saturated carbocycles. The average molecular weight is 242 g/mol. The fraction of sp³-hybridized carbons (Fsp3) is 0.500. The maximum absolute atomic E-state index is 2.44. The predicted molar refractivity (Wildman–Crippen MR) is 77.7 cm³/mol. The van der Waals surface area contributed by atoms with Crippen molar-refractivity contribution in [2.75, 3.05) is 0 Å². The third kappa shape index (κ3) is 2.39. The second-order valence-electron chi connectivity index (χ2n) is 5.62. The molecule has 0 nitrogen and oxygen atoms in total. The lowest BCUT2D eigenvalue weighted by Gasteiger charge is -2.31. The van der Waals surface area contributed by atoms with E-state index in [1.54, 1.807) is 0 Å². The molecule has 1 fully saturated rings. The van der Waals surface area contributed by atoms with E-state index in [1.807, 2.05) is 10.4 Å². The molecule has 3 aliphatic carbocycles. The molecular weight excluding hydrogens is 220 g/mol. The van der Waals surface area contributed by atoms with Gasteiger partial charge in [0.05, 0.1) is 8.80 Å². The van der Waals surface area contributed by atoms with Crippen molar-refractivity contribution in [3.8, 4) is 0 Å². The molecule has 0 heterocycles. The largest absolute Gasteiger partial charge is 0.0963 e. The molecule has 0 saturated heterocycles. The van der Waals surface area contributed by atoms with Crippen molar-refractivity contribution >= 4 is 8.80 Å². The quantitative estimate of drug-likeness (QED) is 0.644. The zero-order chi connectivity index (χ0) is 11.5. The van der Waals surface area contributed by atoms with Gasteiger partial charge in [-0.15, -0.1) is 0 Å². The summed E-state index contributed by atoms with van der Waals surface area (Å²) in [5.41, 5.74) is 1.06. The summed E-state index contributed by atoms with van der Waals surface area (Å²) in [5, 5.41) is 3.62. The van der Waals surface area contributed by atoms with Crippen LogP contribution < -0.4 is 0 Å². The minimum absolute atomic E-state index is 0.823. The van der Waals surface area contributed by atoms with Crippen LogP contribution in [-0.4, -0.2) is 8.80 Å². The Labute approximate surface area is 106 Å². The number of rotatable bonds is 3. The van der Waals surface area contributed by atoms with E-state index >= 15 is 0 Å². The minimum atomic E-state index is -0.823. The lowest BCUT2D eigenvalue weighted by Crippen LogP contribution is -2.27. The minimum Gasteiger partial charge on any atom is -0.0809 e. The highest BCUT2D eigenvalue weighted by atomic mass is 28.3. The highest BCUT2D eigenvalue weighted by molar-refractivity contribution is 6.75. The van der Waals surface area contributed by atoms with Crippen molar-refractivity contribution in [3.63, 3.8) is 0 Å². The van der Waals surface area contributed by atoms with E-state index < -0.39 is 8.80 Å². The molecule has 0 atom stereocenters. The number of allylic oxidation sites excluding steroid dienone is 8. The van der Waals surface area contributed by atoms with Gasteiger partial charge in [0.1, 0.15) is 0 Å². The summed E-state index contributed by atoms with van der Waals surface area (Å²) < 4.78 is 0. The van der Waals surface area contributed by atoms with Crippen LogP contribution in [0, 0.1) is 0 Å². The van der Waals surface area contributed by atoms with Gasteiger partial charge in [-0.05, 0) is 18.4 Å². The summed E-state index contributed by atoms with van der Waals surface area (Å²) in [4.78, 5) is 0. The van der Waals surface area contributed by atoms with E-state index in [0.717, 1.165) is 5.54 Å². The SMILES string of the molecule is C1=CCC([SiH](C2=CC=CC2)C2CCCCC2)=C1. The van der Waals surface area contributed by atoms with Gasteiger partial charge in [-0.2, -0.15) is 0 Å². The molecule has 17 heavy (non-hydrogen) atoms. The third-order valence-corrected chi connectivity index (χ3v) is 8.58. The monoisotopic (exact) mass is 242 g/mol. The molecule has 0 radical (unpaired) electrons. The Hall–Kier alpha value is -0.823. The first-order chi connectivity index (χ1) is 8.45. The Morgan fingerprint density at radius 2 is 1.41 bits per heavy atom. The van der Waals surface area contributed by atoms with Crippen molar-refractivity contribution in [3.05, 3.63) is 46.8 Å². The van der Waals surface area contributed by atoms with Crippen LogP contribution in [0.5, 0.6) is 0 Å². The topological polar surface area (TPSA) is 0 Å². The molecule has 3 rings (SSSR count). The van der Waals surface area contributed by atoms with Crippen molar-refractivity contribution < 1.29 is 0 Å². The molecule has 90 valence electrons. The summed E-state index contributed by atoms with van der Waals surface area (Å²) in [5.74, 6) is 0. The van der Waals surface area contributed by atoms with Gasteiger partial charge < -0.3 is 0 Å². The Bertz CT molecular complexity index is 362. The van der Waals surface area contributed by atoms with Gasteiger partial charge in [-0.25, -0.2) is 0 Å². The van der Waals surface area contributed by atoms with E-state index in [2.05, 4.69) is 36.5 Å². The van der Waals surface area contributed by atoms with E-state index in [9.17, 15) is 0 Å². The maximum atomic E-state index is 2.44. The lowest BCUT2D eigenvalue weighted by molar-refractivity contribution is 0.497. The van der Waals surface area contributed by atoms with Crippen molar-refractivity contribution in [1.82, 2.24) is 0 Å². The first-order valence-electron chi connectivity index (χ1n) is 7.16. The molecule has 0 spiro atoms. The maximum Gasteiger partial charge on any atom is 0.0963 e. The van der Waals surface area contributed by atoms with E-state index in [1.165, 1.54) is 44.9 Å². The van der Waals surface area contributed by atoms with Gasteiger partial charge in [0.25, 0.3) is 0 Å². The van der Waals surface area contributed by atoms with Gasteiger partial charge in [0.2, 0.25) is 0 Å². The van der Waals surface area contributed by atoms with Crippen LogP contribution in [0.3, 0.4) is 0 Å². The average Bonchev–Trinajstić information content (AvgIpc) is 3.04. The Kier molecular flexibility index (Phi) is 3.46. The van der Waals surface area contributed by atoms with Gasteiger partial charge in [-0.1, -0.05) is 79.0 Å². The second-order valence-corrected chi connectivity index (χ2v) is 9.00. The molecule has 0 amide bonds. The molecule has 3 aliphatic rings. The number of hydrogen-bond donors (Lipinski definition) is 0.